The topological polar surface area (TPSA) is 54.7 Å². The number of hydrogen-bond donors (Lipinski definition) is 2. The molecule has 0 amide bonds. The van der Waals surface area contributed by atoms with Crippen LogP contribution in [0.15, 0.2) is 49.0 Å². The van der Waals surface area contributed by atoms with Crippen LogP contribution in [-0.4, -0.2) is 10.2 Å². The first-order valence-electron chi connectivity index (χ1n) is 7.40. The zero-order valence-electron chi connectivity index (χ0n) is 13.3. The lowest BCUT2D eigenvalue weighted by Gasteiger charge is -2.19. The maximum atomic E-state index is 6.14. The van der Waals surface area contributed by atoms with Crippen LogP contribution in [0.4, 0.5) is 0 Å². The Bertz CT molecular complexity index is 833. The number of allylic oxidation sites excluding steroid dienone is 1. The highest BCUT2D eigenvalue weighted by atomic mass is 15.1. The zero-order valence-corrected chi connectivity index (χ0v) is 13.3. The third-order valence-corrected chi connectivity index (χ3v) is 3.93. The van der Waals surface area contributed by atoms with Gasteiger partial charge in [-0.1, -0.05) is 36.9 Å². The summed E-state index contributed by atoms with van der Waals surface area (Å²) < 4.78 is 0. The Kier molecular flexibility index (Phi) is 3.38. The normalized spacial score (nSPS) is 11.8. The van der Waals surface area contributed by atoms with E-state index in [1.165, 1.54) is 5.56 Å². The predicted octanol–water partition coefficient (Wildman–Crippen LogP) is 4.46. The van der Waals surface area contributed by atoms with Gasteiger partial charge in [0, 0.05) is 10.9 Å². The summed E-state index contributed by atoms with van der Waals surface area (Å²) in [6.07, 6.45) is 0. The fraction of sp³-hybridized carbons (Fsp3) is 0.211. The van der Waals surface area contributed by atoms with Crippen LogP contribution in [0.1, 0.15) is 32.0 Å². The Balaban J connectivity index is 2.06. The SMILES string of the molecule is C=C(C)c1n[nH]c2ccc(-c3ccc(C(C)(C)N)cc3)cc12. The van der Waals surface area contributed by atoms with Crippen molar-refractivity contribution in [3.8, 4) is 11.1 Å². The van der Waals surface area contributed by atoms with E-state index in [4.69, 9.17) is 5.73 Å². The number of fused-ring (bicyclic) bond motifs is 1. The highest BCUT2D eigenvalue weighted by Crippen LogP contribution is 2.29. The molecule has 0 saturated heterocycles. The van der Waals surface area contributed by atoms with Gasteiger partial charge >= 0.3 is 0 Å². The van der Waals surface area contributed by atoms with E-state index in [-0.39, 0.29) is 5.54 Å². The second-order valence-corrected chi connectivity index (χ2v) is 6.41. The standard InChI is InChI=1S/C19H21N3/c1-12(2)18-16-11-14(7-10-17(16)21-22-18)13-5-8-15(9-6-13)19(3,4)20/h5-11H,1,20H2,2-4H3,(H,21,22). The van der Waals surface area contributed by atoms with E-state index >= 15 is 0 Å². The van der Waals surface area contributed by atoms with Crippen LogP contribution in [0.3, 0.4) is 0 Å². The molecule has 22 heavy (non-hydrogen) atoms. The van der Waals surface area contributed by atoms with Crippen LogP contribution in [0, 0.1) is 0 Å². The lowest BCUT2D eigenvalue weighted by Crippen LogP contribution is -2.28. The van der Waals surface area contributed by atoms with E-state index < -0.39 is 0 Å². The molecular weight excluding hydrogens is 270 g/mol. The smallest absolute Gasteiger partial charge is 0.0950 e. The molecule has 0 aliphatic heterocycles. The fourth-order valence-electron chi connectivity index (χ4n) is 2.61. The van der Waals surface area contributed by atoms with Crippen molar-refractivity contribution in [1.82, 2.24) is 10.2 Å². The minimum absolute atomic E-state index is 0.319. The maximum Gasteiger partial charge on any atom is 0.0950 e. The van der Waals surface area contributed by atoms with Crippen molar-refractivity contribution in [2.75, 3.05) is 0 Å². The number of aromatic amines is 1. The van der Waals surface area contributed by atoms with Crippen LogP contribution in [0.5, 0.6) is 0 Å². The molecule has 0 aliphatic rings. The largest absolute Gasteiger partial charge is 0.322 e. The fourth-order valence-corrected chi connectivity index (χ4v) is 2.61. The van der Waals surface area contributed by atoms with Gasteiger partial charge in [0.25, 0.3) is 0 Å². The molecule has 2 aromatic carbocycles. The van der Waals surface area contributed by atoms with Crippen molar-refractivity contribution in [2.24, 2.45) is 5.73 Å². The predicted molar refractivity (Wildman–Crippen MR) is 93.5 cm³/mol. The third-order valence-electron chi connectivity index (χ3n) is 3.93. The minimum Gasteiger partial charge on any atom is -0.322 e. The number of hydrogen-bond acceptors (Lipinski definition) is 2. The van der Waals surface area contributed by atoms with Crippen molar-refractivity contribution in [2.45, 2.75) is 26.3 Å². The van der Waals surface area contributed by atoms with Gasteiger partial charge in [0.05, 0.1) is 11.2 Å². The van der Waals surface area contributed by atoms with Crippen LogP contribution in [0.25, 0.3) is 27.6 Å². The number of nitrogens with one attached hydrogen (secondary N) is 1. The monoisotopic (exact) mass is 291 g/mol. The molecule has 0 atom stereocenters. The van der Waals surface area contributed by atoms with Gasteiger partial charge in [-0.3, -0.25) is 5.10 Å². The van der Waals surface area contributed by atoms with E-state index in [0.717, 1.165) is 33.3 Å². The zero-order chi connectivity index (χ0) is 15.9. The summed E-state index contributed by atoms with van der Waals surface area (Å²) in [7, 11) is 0. The van der Waals surface area contributed by atoms with Gasteiger partial charge in [0.1, 0.15) is 0 Å². The Morgan fingerprint density at radius 2 is 1.73 bits per heavy atom. The van der Waals surface area contributed by atoms with Gasteiger partial charge < -0.3 is 5.73 Å². The quantitative estimate of drug-likeness (QED) is 0.748. The lowest BCUT2D eigenvalue weighted by molar-refractivity contribution is 0.554. The van der Waals surface area contributed by atoms with Crippen molar-refractivity contribution < 1.29 is 0 Å². The van der Waals surface area contributed by atoms with Crippen molar-refractivity contribution in [3.05, 3.63) is 60.3 Å². The molecule has 1 aromatic heterocycles. The Labute approximate surface area is 130 Å². The molecule has 3 rings (SSSR count). The Hall–Kier alpha value is -2.39. The van der Waals surface area contributed by atoms with Crippen molar-refractivity contribution in [1.29, 1.82) is 0 Å². The lowest BCUT2D eigenvalue weighted by atomic mass is 9.93. The van der Waals surface area contributed by atoms with E-state index in [0.29, 0.717) is 0 Å². The van der Waals surface area contributed by atoms with Crippen molar-refractivity contribution >= 4 is 16.5 Å². The average molecular weight is 291 g/mol. The summed E-state index contributed by atoms with van der Waals surface area (Å²) in [4.78, 5) is 0. The molecule has 0 fully saturated rings. The summed E-state index contributed by atoms with van der Waals surface area (Å²) in [5.41, 5.74) is 12.2. The first kappa shape index (κ1) is 14.5. The van der Waals surface area contributed by atoms with Crippen LogP contribution < -0.4 is 5.73 Å². The molecule has 0 radical (unpaired) electrons. The molecule has 3 nitrogen and oxygen atoms in total. The summed E-state index contributed by atoms with van der Waals surface area (Å²) in [6.45, 7) is 9.99. The number of rotatable bonds is 3. The van der Waals surface area contributed by atoms with E-state index in [9.17, 15) is 0 Å². The maximum absolute atomic E-state index is 6.14. The summed E-state index contributed by atoms with van der Waals surface area (Å²) in [6, 6.07) is 14.7. The highest BCUT2D eigenvalue weighted by molar-refractivity contribution is 5.92. The Morgan fingerprint density at radius 3 is 2.32 bits per heavy atom. The summed E-state index contributed by atoms with van der Waals surface area (Å²) in [5.74, 6) is 0. The van der Waals surface area contributed by atoms with Gasteiger partial charge in [0.2, 0.25) is 0 Å². The number of aromatic nitrogens is 2. The molecule has 112 valence electrons. The molecule has 3 N–H and O–H groups in total. The first-order chi connectivity index (χ1) is 10.4. The van der Waals surface area contributed by atoms with Gasteiger partial charge in [-0.2, -0.15) is 5.10 Å². The first-order valence-corrected chi connectivity index (χ1v) is 7.40. The van der Waals surface area contributed by atoms with Crippen LogP contribution in [0.2, 0.25) is 0 Å². The second-order valence-electron chi connectivity index (χ2n) is 6.41. The van der Waals surface area contributed by atoms with E-state index in [2.05, 4.69) is 59.2 Å². The molecule has 0 spiro atoms. The molecule has 0 aliphatic carbocycles. The number of H-pyrrole nitrogens is 1. The third kappa shape index (κ3) is 2.55. The number of nitrogens with two attached hydrogens (primary N) is 1. The minimum atomic E-state index is -0.319. The van der Waals surface area contributed by atoms with Crippen LogP contribution >= 0.6 is 0 Å². The summed E-state index contributed by atoms with van der Waals surface area (Å²) in [5, 5.41) is 8.49. The van der Waals surface area contributed by atoms with E-state index in [1.807, 2.05) is 20.8 Å². The van der Waals surface area contributed by atoms with E-state index in [1.54, 1.807) is 0 Å². The average Bonchev–Trinajstić information content (AvgIpc) is 2.89. The van der Waals surface area contributed by atoms with Crippen molar-refractivity contribution in [3.63, 3.8) is 0 Å². The Morgan fingerprint density at radius 1 is 1.09 bits per heavy atom. The number of benzene rings is 2. The van der Waals surface area contributed by atoms with Gasteiger partial charge in [0.15, 0.2) is 0 Å². The van der Waals surface area contributed by atoms with Gasteiger partial charge in [-0.25, -0.2) is 0 Å². The number of nitrogens with zero attached hydrogens (tertiary/aromatic N) is 1. The second kappa shape index (κ2) is 5.11. The van der Waals surface area contributed by atoms with Crippen LogP contribution in [-0.2, 0) is 5.54 Å². The van der Waals surface area contributed by atoms with Gasteiger partial charge in [-0.05, 0) is 55.2 Å². The molecule has 0 bridgehead atoms. The highest BCUT2D eigenvalue weighted by Gasteiger charge is 2.14. The molecule has 3 aromatic rings. The molecule has 3 heteroatoms. The molecule has 0 saturated carbocycles. The summed E-state index contributed by atoms with van der Waals surface area (Å²) >= 11 is 0. The molecule has 1 heterocycles. The molecule has 0 unspecified atom stereocenters. The van der Waals surface area contributed by atoms with Gasteiger partial charge in [-0.15, -0.1) is 0 Å². The molecular formula is C19H21N3.